The number of hydrogen-bond acceptors (Lipinski definition) is 5. The van der Waals surface area contributed by atoms with E-state index in [1.165, 1.54) is 11.3 Å². The Kier molecular flexibility index (Phi) is 4.69. The van der Waals surface area contributed by atoms with E-state index in [-0.39, 0.29) is 5.57 Å². The molecule has 2 aromatic rings. The second kappa shape index (κ2) is 6.68. The lowest BCUT2D eigenvalue weighted by atomic mass is 10.1. The number of hydrogen-bond donors (Lipinski definition) is 1. The molecule has 106 valence electrons. The Labute approximate surface area is 127 Å². The van der Waals surface area contributed by atoms with Crippen LogP contribution in [0.25, 0.3) is 6.08 Å². The topological polar surface area (TPSA) is 69.0 Å². The van der Waals surface area contributed by atoms with E-state index in [1.54, 1.807) is 17.7 Å². The van der Waals surface area contributed by atoms with Crippen molar-refractivity contribution in [2.45, 2.75) is 0 Å². The molecule has 0 saturated carbocycles. The monoisotopic (exact) mass is 298 g/mol. The van der Waals surface area contributed by atoms with Gasteiger partial charge in [-0.1, -0.05) is 12.1 Å². The van der Waals surface area contributed by atoms with E-state index >= 15 is 0 Å². The predicted molar refractivity (Wildman–Crippen MR) is 85.1 cm³/mol. The molecule has 0 unspecified atom stereocenters. The summed E-state index contributed by atoms with van der Waals surface area (Å²) in [4.78, 5) is 17.9. The Morgan fingerprint density at radius 2 is 2.10 bits per heavy atom. The Bertz CT molecular complexity index is 681. The fourth-order valence-corrected chi connectivity index (χ4v) is 2.16. The Morgan fingerprint density at radius 3 is 2.62 bits per heavy atom. The summed E-state index contributed by atoms with van der Waals surface area (Å²) >= 11 is 1.31. The Morgan fingerprint density at radius 1 is 1.38 bits per heavy atom. The highest BCUT2D eigenvalue weighted by Crippen LogP contribution is 2.16. The fraction of sp³-hybridized carbons (Fsp3) is 0.133. The zero-order valence-corrected chi connectivity index (χ0v) is 12.5. The van der Waals surface area contributed by atoms with Crippen molar-refractivity contribution in [2.24, 2.45) is 0 Å². The number of rotatable bonds is 4. The first kappa shape index (κ1) is 14.8. The van der Waals surface area contributed by atoms with Crippen LogP contribution >= 0.6 is 11.3 Å². The molecule has 6 heteroatoms. The molecule has 0 atom stereocenters. The molecule has 1 N–H and O–H groups in total. The van der Waals surface area contributed by atoms with Crippen LogP contribution in [0.15, 0.2) is 41.4 Å². The van der Waals surface area contributed by atoms with Gasteiger partial charge in [0.15, 0.2) is 5.13 Å². The molecule has 0 aliphatic carbocycles. The predicted octanol–water partition coefficient (Wildman–Crippen LogP) is 2.75. The maximum absolute atomic E-state index is 12.0. The lowest BCUT2D eigenvalue weighted by Gasteiger charge is -2.11. The van der Waals surface area contributed by atoms with Crippen LogP contribution in [-0.2, 0) is 4.79 Å². The lowest BCUT2D eigenvalue weighted by molar-refractivity contribution is -0.112. The first-order chi connectivity index (χ1) is 10.1. The van der Waals surface area contributed by atoms with Crippen LogP contribution in [0.3, 0.4) is 0 Å². The third-order valence-electron chi connectivity index (χ3n) is 2.74. The maximum Gasteiger partial charge on any atom is 0.268 e. The molecule has 0 aliphatic rings. The number of aromatic nitrogens is 1. The molecular weight excluding hydrogens is 284 g/mol. The van der Waals surface area contributed by atoms with Crippen LogP contribution in [0, 0.1) is 11.3 Å². The first-order valence-electron chi connectivity index (χ1n) is 6.20. The van der Waals surface area contributed by atoms with Crippen molar-refractivity contribution < 1.29 is 4.79 Å². The van der Waals surface area contributed by atoms with Crippen LogP contribution in [-0.4, -0.2) is 25.0 Å². The number of carbonyl (C=O) groups is 1. The first-order valence-corrected chi connectivity index (χ1v) is 7.08. The summed E-state index contributed by atoms with van der Waals surface area (Å²) in [6.07, 6.45) is 3.15. The van der Waals surface area contributed by atoms with Crippen molar-refractivity contribution >= 4 is 34.1 Å². The molecule has 21 heavy (non-hydrogen) atoms. The number of anilines is 2. The minimum atomic E-state index is -0.455. The average Bonchev–Trinajstić information content (AvgIpc) is 2.98. The summed E-state index contributed by atoms with van der Waals surface area (Å²) in [5.74, 6) is -0.455. The van der Waals surface area contributed by atoms with Gasteiger partial charge >= 0.3 is 0 Å². The van der Waals surface area contributed by atoms with Gasteiger partial charge in [0.05, 0.1) is 0 Å². The summed E-state index contributed by atoms with van der Waals surface area (Å²) < 4.78 is 0. The van der Waals surface area contributed by atoms with Gasteiger partial charge < -0.3 is 4.90 Å². The van der Waals surface area contributed by atoms with Gasteiger partial charge in [-0.15, -0.1) is 11.3 Å². The molecule has 2 rings (SSSR count). The summed E-state index contributed by atoms with van der Waals surface area (Å²) in [6, 6.07) is 9.50. The number of amides is 1. The van der Waals surface area contributed by atoms with E-state index in [9.17, 15) is 4.79 Å². The standard InChI is InChI=1S/C15H14N4OS/c1-19(2)13-5-3-11(4-6-13)9-12(10-16)14(20)18-15-17-7-8-21-15/h3-9H,1-2H3,(H,17,18,20)/b12-9-. The quantitative estimate of drug-likeness (QED) is 0.696. The van der Waals surface area contributed by atoms with Gasteiger partial charge in [-0.3, -0.25) is 10.1 Å². The van der Waals surface area contributed by atoms with Crippen molar-refractivity contribution in [1.82, 2.24) is 4.98 Å². The van der Waals surface area contributed by atoms with Gasteiger partial charge in [-0.25, -0.2) is 4.98 Å². The summed E-state index contributed by atoms with van der Waals surface area (Å²) in [7, 11) is 3.90. The summed E-state index contributed by atoms with van der Waals surface area (Å²) in [6.45, 7) is 0. The highest BCUT2D eigenvalue weighted by Gasteiger charge is 2.10. The maximum atomic E-state index is 12.0. The van der Waals surface area contributed by atoms with Crippen molar-refractivity contribution in [3.8, 4) is 6.07 Å². The fourth-order valence-electron chi connectivity index (χ4n) is 1.63. The smallest absolute Gasteiger partial charge is 0.268 e. The van der Waals surface area contributed by atoms with E-state index in [4.69, 9.17) is 5.26 Å². The van der Waals surface area contributed by atoms with E-state index in [0.29, 0.717) is 5.13 Å². The third-order valence-corrected chi connectivity index (χ3v) is 3.43. The molecule has 1 aromatic carbocycles. The number of nitrogens with zero attached hydrogens (tertiary/aromatic N) is 3. The van der Waals surface area contributed by atoms with Gasteiger partial charge in [0.2, 0.25) is 0 Å². The molecule has 1 amide bonds. The number of thiazole rings is 1. The van der Waals surface area contributed by atoms with Gasteiger partial charge in [0, 0.05) is 31.4 Å². The van der Waals surface area contributed by atoms with Crippen molar-refractivity contribution in [2.75, 3.05) is 24.3 Å². The van der Waals surface area contributed by atoms with E-state index in [1.807, 2.05) is 49.3 Å². The molecule has 0 radical (unpaired) electrons. The van der Waals surface area contributed by atoms with E-state index < -0.39 is 5.91 Å². The SMILES string of the molecule is CN(C)c1ccc(/C=C(/C#N)C(=O)Nc2nccs2)cc1. The van der Waals surface area contributed by atoms with E-state index in [2.05, 4.69) is 10.3 Å². The molecule has 1 heterocycles. The highest BCUT2D eigenvalue weighted by molar-refractivity contribution is 7.13. The van der Waals surface area contributed by atoms with Crippen molar-refractivity contribution in [1.29, 1.82) is 5.26 Å². The average molecular weight is 298 g/mol. The zero-order valence-electron chi connectivity index (χ0n) is 11.7. The minimum absolute atomic E-state index is 0.0443. The zero-order chi connectivity index (χ0) is 15.2. The van der Waals surface area contributed by atoms with Gasteiger partial charge in [-0.2, -0.15) is 5.26 Å². The Balaban J connectivity index is 2.16. The molecule has 5 nitrogen and oxygen atoms in total. The number of nitrogens with one attached hydrogen (secondary N) is 1. The number of nitriles is 1. The molecular formula is C15H14N4OS. The third kappa shape index (κ3) is 3.91. The lowest BCUT2D eigenvalue weighted by Crippen LogP contribution is -2.13. The molecule has 0 aliphatic heterocycles. The second-order valence-corrected chi connectivity index (χ2v) is 5.34. The minimum Gasteiger partial charge on any atom is -0.378 e. The normalized spacial score (nSPS) is 10.8. The van der Waals surface area contributed by atoms with Gasteiger partial charge in [0.1, 0.15) is 11.6 Å². The summed E-state index contributed by atoms with van der Waals surface area (Å²) in [5.41, 5.74) is 1.90. The molecule has 0 saturated heterocycles. The Hall–Kier alpha value is -2.65. The van der Waals surface area contributed by atoms with Crippen LogP contribution < -0.4 is 10.2 Å². The van der Waals surface area contributed by atoms with E-state index in [0.717, 1.165) is 11.3 Å². The summed E-state index contributed by atoms with van der Waals surface area (Å²) in [5, 5.41) is 13.9. The number of benzene rings is 1. The van der Waals surface area contributed by atoms with Crippen LogP contribution in [0.2, 0.25) is 0 Å². The van der Waals surface area contributed by atoms with Crippen molar-refractivity contribution in [3.63, 3.8) is 0 Å². The van der Waals surface area contributed by atoms with Crippen molar-refractivity contribution in [3.05, 3.63) is 47.0 Å². The highest BCUT2D eigenvalue weighted by atomic mass is 32.1. The van der Waals surface area contributed by atoms with Gasteiger partial charge in [-0.05, 0) is 23.8 Å². The van der Waals surface area contributed by atoms with Crippen LogP contribution in [0.1, 0.15) is 5.56 Å². The second-order valence-electron chi connectivity index (χ2n) is 4.45. The number of carbonyl (C=O) groups excluding carboxylic acids is 1. The van der Waals surface area contributed by atoms with Gasteiger partial charge in [0.25, 0.3) is 5.91 Å². The molecule has 1 aromatic heterocycles. The van der Waals surface area contributed by atoms with Crippen LogP contribution in [0.5, 0.6) is 0 Å². The molecule has 0 spiro atoms. The largest absolute Gasteiger partial charge is 0.378 e. The van der Waals surface area contributed by atoms with Crippen LogP contribution in [0.4, 0.5) is 10.8 Å². The molecule has 0 fully saturated rings. The molecule has 0 bridgehead atoms.